The molecule has 25 heavy (non-hydrogen) atoms. The fourth-order valence-electron chi connectivity index (χ4n) is 3.16. The van der Waals surface area contributed by atoms with E-state index in [-0.39, 0.29) is 12.6 Å². The number of benzene rings is 1. The Kier molecular flexibility index (Phi) is 4.25. The average molecular weight is 339 g/mol. The zero-order chi connectivity index (χ0) is 17.2. The molecular formula is C18H21N5O2. The van der Waals surface area contributed by atoms with Crippen LogP contribution in [0, 0.1) is 6.92 Å². The minimum Gasteiger partial charge on any atom is -0.394 e. The smallest absolute Gasteiger partial charge is 0.180 e. The van der Waals surface area contributed by atoms with Gasteiger partial charge in [0.05, 0.1) is 31.6 Å². The van der Waals surface area contributed by atoms with E-state index in [0.717, 1.165) is 35.1 Å². The lowest BCUT2D eigenvalue weighted by atomic mass is 10.2. The van der Waals surface area contributed by atoms with E-state index in [0.29, 0.717) is 13.2 Å². The van der Waals surface area contributed by atoms with Crippen molar-refractivity contribution in [3.63, 3.8) is 0 Å². The topological polar surface area (TPSA) is 74.9 Å². The number of nitrogens with zero attached hydrogens (tertiary/aromatic N) is 4. The molecule has 0 aliphatic carbocycles. The first-order valence-electron chi connectivity index (χ1n) is 8.37. The number of morpholine rings is 1. The van der Waals surface area contributed by atoms with Crippen LogP contribution in [0.15, 0.2) is 42.9 Å². The number of rotatable bonds is 4. The Morgan fingerprint density at radius 2 is 2.16 bits per heavy atom. The molecule has 7 heteroatoms. The van der Waals surface area contributed by atoms with Crippen molar-refractivity contribution in [2.45, 2.75) is 13.0 Å². The van der Waals surface area contributed by atoms with Crippen LogP contribution in [-0.2, 0) is 4.74 Å². The number of ether oxygens (including phenoxy) is 1. The van der Waals surface area contributed by atoms with Gasteiger partial charge in [0, 0.05) is 36.5 Å². The van der Waals surface area contributed by atoms with Gasteiger partial charge in [0.15, 0.2) is 11.5 Å². The number of nitrogens with one attached hydrogen (secondary N) is 1. The van der Waals surface area contributed by atoms with Gasteiger partial charge in [-0.15, -0.1) is 0 Å². The summed E-state index contributed by atoms with van der Waals surface area (Å²) in [6, 6.07) is 8.14. The Morgan fingerprint density at radius 3 is 2.96 bits per heavy atom. The molecule has 2 aromatic heterocycles. The third-order valence-corrected chi connectivity index (χ3v) is 4.39. The van der Waals surface area contributed by atoms with E-state index >= 15 is 0 Å². The van der Waals surface area contributed by atoms with Crippen molar-refractivity contribution in [3.8, 4) is 0 Å². The minimum atomic E-state index is 0.00976. The van der Waals surface area contributed by atoms with Crippen molar-refractivity contribution in [3.05, 3.63) is 48.5 Å². The maximum absolute atomic E-state index is 9.53. The second kappa shape index (κ2) is 6.70. The van der Waals surface area contributed by atoms with Gasteiger partial charge >= 0.3 is 0 Å². The van der Waals surface area contributed by atoms with Crippen molar-refractivity contribution in [2.75, 3.05) is 36.6 Å². The molecule has 2 N–H and O–H groups in total. The van der Waals surface area contributed by atoms with Crippen LogP contribution < -0.4 is 10.2 Å². The third-order valence-electron chi connectivity index (χ3n) is 4.39. The Hall–Kier alpha value is -2.64. The normalized spacial score (nSPS) is 17.8. The molecule has 0 saturated carbocycles. The van der Waals surface area contributed by atoms with Gasteiger partial charge in [0.1, 0.15) is 0 Å². The molecule has 7 nitrogen and oxygen atoms in total. The van der Waals surface area contributed by atoms with Gasteiger partial charge in [-0.1, -0.05) is 0 Å². The summed E-state index contributed by atoms with van der Waals surface area (Å²) in [4.78, 5) is 11.1. The van der Waals surface area contributed by atoms with E-state index in [1.807, 2.05) is 35.9 Å². The molecule has 0 radical (unpaired) electrons. The highest BCUT2D eigenvalue weighted by molar-refractivity contribution is 5.71. The summed E-state index contributed by atoms with van der Waals surface area (Å²) in [5, 5.41) is 12.9. The minimum absolute atomic E-state index is 0.00976. The Bertz CT molecular complexity index is 862. The molecule has 3 aromatic rings. The van der Waals surface area contributed by atoms with Crippen LogP contribution in [0.3, 0.4) is 0 Å². The predicted molar refractivity (Wildman–Crippen MR) is 96.5 cm³/mol. The lowest BCUT2D eigenvalue weighted by molar-refractivity contribution is 0.0727. The number of imidazole rings is 1. The van der Waals surface area contributed by atoms with Crippen molar-refractivity contribution in [1.29, 1.82) is 0 Å². The van der Waals surface area contributed by atoms with Gasteiger partial charge < -0.3 is 24.5 Å². The number of aryl methyl sites for hydroxylation is 1. The molecule has 3 heterocycles. The maximum atomic E-state index is 9.53. The highest BCUT2D eigenvalue weighted by atomic mass is 16.5. The van der Waals surface area contributed by atoms with Gasteiger partial charge in [-0.3, -0.25) is 0 Å². The summed E-state index contributed by atoms with van der Waals surface area (Å²) in [5.41, 5.74) is 3.74. The molecule has 1 aliphatic rings. The largest absolute Gasteiger partial charge is 0.394 e. The first-order chi connectivity index (χ1) is 12.2. The number of hydrogen-bond acceptors (Lipinski definition) is 6. The number of hydrogen-bond donors (Lipinski definition) is 2. The van der Waals surface area contributed by atoms with Gasteiger partial charge in [-0.05, 0) is 31.2 Å². The lowest BCUT2D eigenvalue weighted by Gasteiger charge is -2.36. The van der Waals surface area contributed by atoms with Gasteiger partial charge in [0.25, 0.3) is 0 Å². The van der Waals surface area contributed by atoms with E-state index in [1.54, 1.807) is 6.20 Å². The summed E-state index contributed by atoms with van der Waals surface area (Å²) in [7, 11) is 0. The molecular weight excluding hydrogens is 318 g/mol. The second-order valence-electron chi connectivity index (χ2n) is 6.17. The van der Waals surface area contributed by atoms with E-state index < -0.39 is 0 Å². The number of aliphatic hydroxyl groups is 1. The predicted octanol–water partition coefficient (Wildman–Crippen LogP) is 1.98. The molecule has 1 unspecified atom stereocenters. The first kappa shape index (κ1) is 15.9. The zero-order valence-electron chi connectivity index (χ0n) is 14.1. The summed E-state index contributed by atoms with van der Waals surface area (Å²) in [5.74, 6) is 0.734. The monoisotopic (exact) mass is 339 g/mol. The van der Waals surface area contributed by atoms with E-state index in [2.05, 4.69) is 32.3 Å². The quantitative estimate of drug-likeness (QED) is 0.757. The zero-order valence-corrected chi connectivity index (χ0v) is 14.1. The number of fused-ring (bicyclic) bond motifs is 1. The highest BCUT2D eigenvalue weighted by Crippen LogP contribution is 2.24. The van der Waals surface area contributed by atoms with Crippen LogP contribution >= 0.6 is 0 Å². The standard InChI is InChI=1S/C18H21N5O2/c1-13-10-22-7-6-19-18(22)17(20-13)21-14-2-4-15(5-3-14)23-8-9-25-12-16(23)11-24/h2-7,10,16,24H,8-9,11-12H2,1H3,(H,20,21). The van der Waals surface area contributed by atoms with E-state index in [4.69, 9.17) is 4.74 Å². The summed E-state index contributed by atoms with van der Waals surface area (Å²) in [6.07, 6.45) is 5.62. The molecule has 1 atom stereocenters. The Labute approximate surface area is 145 Å². The fourth-order valence-corrected chi connectivity index (χ4v) is 3.16. The fraction of sp³-hybridized carbons (Fsp3) is 0.333. The van der Waals surface area contributed by atoms with Crippen molar-refractivity contribution < 1.29 is 9.84 Å². The Morgan fingerprint density at radius 1 is 1.32 bits per heavy atom. The molecule has 0 bridgehead atoms. The molecule has 4 rings (SSSR count). The highest BCUT2D eigenvalue weighted by Gasteiger charge is 2.22. The van der Waals surface area contributed by atoms with Crippen LogP contribution in [0.25, 0.3) is 5.65 Å². The molecule has 130 valence electrons. The first-order valence-corrected chi connectivity index (χ1v) is 8.37. The van der Waals surface area contributed by atoms with Crippen LogP contribution in [0.2, 0.25) is 0 Å². The molecule has 0 spiro atoms. The average Bonchev–Trinajstić information content (AvgIpc) is 3.11. The molecule has 1 fully saturated rings. The Balaban J connectivity index is 1.57. The SMILES string of the molecule is Cc1cn2ccnc2c(Nc2ccc(N3CCOCC3CO)cc2)n1. The molecule has 0 amide bonds. The van der Waals surface area contributed by atoms with Crippen LogP contribution in [-0.4, -0.2) is 51.9 Å². The van der Waals surface area contributed by atoms with Gasteiger partial charge in [0.2, 0.25) is 0 Å². The lowest BCUT2D eigenvalue weighted by Crippen LogP contribution is -2.47. The second-order valence-corrected chi connectivity index (χ2v) is 6.17. The van der Waals surface area contributed by atoms with Crippen LogP contribution in [0.1, 0.15) is 5.69 Å². The maximum Gasteiger partial charge on any atom is 0.180 e. The van der Waals surface area contributed by atoms with Crippen molar-refractivity contribution in [1.82, 2.24) is 14.4 Å². The van der Waals surface area contributed by atoms with Crippen molar-refractivity contribution in [2.24, 2.45) is 0 Å². The third kappa shape index (κ3) is 3.16. The summed E-state index contributed by atoms with van der Waals surface area (Å²) < 4.78 is 7.40. The van der Waals surface area contributed by atoms with Gasteiger partial charge in [-0.25, -0.2) is 9.97 Å². The van der Waals surface area contributed by atoms with Crippen LogP contribution in [0.4, 0.5) is 17.2 Å². The van der Waals surface area contributed by atoms with Gasteiger partial charge in [-0.2, -0.15) is 0 Å². The molecule has 1 aromatic carbocycles. The molecule has 1 saturated heterocycles. The number of aliphatic hydroxyl groups excluding tert-OH is 1. The van der Waals surface area contributed by atoms with E-state index in [9.17, 15) is 5.11 Å². The molecule has 1 aliphatic heterocycles. The number of anilines is 3. The summed E-state index contributed by atoms with van der Waals surface area (Å²) in [6.45, 7) is 4.07. The van der Waals surface area contributed by atoms with E-state index in [1.165, 1.54) is 0 Å². The number of aromatic nitrogens is 3. The van der Waals surface area contributed by atoms with Crippen LogP contribution in [0.5, 0.6) is 0 Å². The van der Waals surface area contributed by atoms with Crippen molar-refractivity contribution >= 4 is 22.8 Å². The summed E-state index contributed by atoms with van der Waals surface area (Å²) >= 11 is 0.